The van der Waals surface area contributed by atoms with Crippen LogP contribution in [0.4, 0.5) is 0 Å². The Bertz CT molecular complexity index is 1270. The molecule has 1 aromatic heterocycles. The number of para-hydroxylation sites is 1. The number of aromatic nitrogens is 3. The SMILES string of the molecule is CCOc1ccc(-n2c(SCC(=O)NN=Cc3ccccc3O)nnc2-c2ccccc2)cc1. The molecule has 0 radical (unpaired) electrons. The third kappa shape index (κ3) is 5.62. The van der Waals surface area contributed by atoms with E-state index in [1.807, 2.05) is 66.1 Å². The fourth-order valence-corrected chi connectivity index (χ4v) is 3.91. The van der Waals surface area contributed by atoms with Gasteiger partial charge in [0.05, 0.1) is 18.6 Å². The topological polar surface area (TPSA) is 102 Å². The summed E-state index contributed by atoms with van der Waals surface area (Å²) in [6.45, 7) is 2.53. The highest BCUT2D eigenvalue weighted by Crippen LogP contribution is 2.28. The van der Waals surface area contributed by atoms with Crippen LogP contribution >= 0.6 is 11.8 Å². The molecular formula is C25H23N5O3S. The number of amides is 1. The Morgan fingerprint density at radius 1 is 1.06 bits per heavy atom. The molecule has 34 heavy (non-hydrogen) atoms. The first-order valence-corrected chi connectivity index (χ1v) is 11.6. The summed E-state index contributed by atoms with van der Waals surface area (Å²) in [5.74, 6) is 1.31. The molecule has 1 heterocycles. The van der Waals surface area contributed by atoms with Crippen LogP contribution in [0.3, 0.4) is 0 Å². The number of benzene rings is 3. The fraction of sp³-hybridized carbons (Fsp3) is 0.120. The van der Waals surface area contributed by atoms with Crippen molar-refractivity contribution >= 4 is 23.9 Å². The van der Waals surface area contributed by atoms with Crippen LogP contribution in [0.2, 0.25) is 0 Å². The summed E-state index contributed by atoms with van der Waals surface area (Å²) in [5.41, 5.74) is 4.75. The molecule has 8 nitrogen and oxygen atoms in total. The zero-order valence-electron chi connectivity index (χ0n) is 18.5. The number of carbonyl (C=O) groups excluding carboxylic acids is 1. The number of carbonyl (C=O) groups is 1. The van der Waals surface area contributed by atoms with Gasteiger partial charge in [-0.25, -0.2) is 5.43 Å². The molecule has 4 aromatic rings. The first kappa shape index (κ1) is 23.1. The van der Waals surface area contributed by atoms with Gasteiger partial charge in [0, 0.05) is 16.8 Å². The predicted octanol–water partition coefficient (Wildman–Crippen LogP) is 4.28. The van der Waals surface area contributed by atoms with Crippen molar-refractivity contribution in [3.05, 3.63) is 84.4 Å². The van der Waals surface area contributed by atoms with Gasteiger partial charge >= 0.3 is 0 Å². The Morgan fingerprint density at radius 3 is 2.53 bits per heavy atom. The van der Waals surface area contributed by atoms with Crippen LogP contribution < -0.4 is 10.2 Å². The van der Waals surface area contributed by atoms with Gasteiger partial charge < -0.3 is 9.84 Å². The van der Waals surface area contributed by atoms with Gasteiger partial charge in [-0.15, -0.1) is 10.2 Å². The van der Waals surface area contributed by atoms with Crippen LogP contribution in [0.15, 0.2) is 89.1 Å². The lowest BCUT2D eigenvalue weighted by Gasteiger charge is -2.11. The highest BCUT2D eigenvalue weighted by Gasteiger charge is 2.17. The molecule has 0 saturated heterocycles. The normalized spacial score (nSPS) is 11.0. The monoisotopic (exact) mass is 473 g/mol. The number of thioether (sulfide) groups is 1. The molecule has 1 amide bonds. The van der Waals surface area contributed by atoms with E-state index in [1.54, 1.807) is 24.3 Å². The van der Waals surface area contributed by atoms with E-state index in [0.717, 1.165) is 17.0 Å². The Hall–Kier alpha value is -4.11. The fourth-order valence-electron chi connectivity index (χ4n) is 3.16. The minimum atomic E-state index is -0.306. The molecular weight excluding hydrogens is 450 g/mol. The molecule has 0 atom stereocenters. The number of rotatable bonds is 9. The maximum Gasteiger partial charge on any atom is 0.250 e. The summed E-state index contributed by atoms with van der Waals surface area (Å²) in [7, 11) is 0. The number of nitrogens with zero attached hydrogens (tertiary/aromatic N) is 4. The van der Waals surface area contributed by atoms with Gasteiger partial charge in [0.2, 0.25) is 0 Å². The highest BCUT2D eigenvalue weighted by molar-refractivity contribution is 7.99. The average Bonchev–Trinajstić information content (AvgIpc) is 3.29. The summed E-state index contributed by atoms with van der Waals surface area (Å²) in [4.78, 5) is 12.4. The Balaban J connectivity index is 1.51. The number of hydrazone groups is 1. The Morgan fingerprint density at radius 2 is 1.79 bits per heavy atom. The molecule has 0 aliphatic rings. The molecule has 0 bridgehead atoms. The minimum absolute atomic E-state index is 0.0854. The van der Waals surface area contributed by atoms with Gasteiger partial charge in [-0.1, -0.05) is 54.2 Å². The molecule has 0 spiro atoms. The van der Waals surface area contributed by atoms with Crippen molar-refractivity contribution in [1.82, 2.24) is 20.2 Å². The van der Waals surface area contributed by atoms with Crippen LogP contribution in [-0.4, -0.2) is 44.4 Å². The molecule has 9 heteroatoms. The molecule has 0 aliphatic carbocycles. The maximum absolute atomic E-state index is 12.4. The van der Waals surface area contributed by atoms with Crippen LogP contribution in [-0.2, 0) is 4.79 Å². The lowest BCUT2D eigenvalue weighted by molar-refractivity contribution is -0.118. The Labute approximate surface area is 201 Å². The number of ether oxygens (including phenoxy) is 1. The van der Waals surface area contributed by atoms with Crippen molar-refractivity contribution in [2.75, 3.05) is 12.4 Å². The Kier molecular flexibility index (Phi) is 7.56. The predicted molar refractivity (Wildman–Crippen MR) is 133 cm³/mol. The molecule has 3 aromatic carbocycles. The summed E-state index contributed by atoms with van der Waals surface area (Å²) in [5, 5.41) is 23.0. The van der Waals surface area contributed by atoms with Gasteiger partial charge in [-0.2, -0.15) is 5.10 Å². The molecule has 172 valence electrons. The average molecular weight is 474 g/mol. The second-order valence-corrected chi connectivity index (χ2v) is 8.02. The van der Waals surface area contributed by atoms with E-state index < -0.39 is 0 Å². The molecule has 0 fully saturated rings. The second kappa shape index (κ2) is 11.2. The molecule has 0 unspecified atom stereocenters. The summed E-state index contributed by atoms with van der Waals surface area (Å²) >= 11 is 1.25. The highest BCUT2D eigenvalue weighted by atomic mass is 32.2. The van der Waals surface area contributed by atoms with Gasteiger partial charge in [-0.05, 0) is 43.3 Å². The summed E-state index contributed by atoms with van der Waals surface area (Å²) in [6, 6.07) is 24.1. The maximum atomic E-state index is 12.4. The summed E-state index contributed by atoms with van der Waals surface area (Å²) in [6.07, 6.45) is 1.40. The largest absolute Gasteiger partial charge is 0.507 e. The van der Waals surface area contributed by atoms with E-state index >= 15 is 0 Å². The number of hydrogen-bond donors (Lipinski definition) is 2. The standard InChI is InChI=1S/C25H23N5O3S/c1-2-33-21-14-12-20(13-15-21)30-24(18-8-4-3-5-9-18)28-29-25(30)34-17-23(32)27-26-16-19-10-6-7-11-22(19)31/h3-16,31H,2,17H2,1H3,(H,27,32). The third-order valence-electron chi connectivity index (χ3n) is 4.73. The molecule has 4 rings (SSSR count). The van der Waals surface area contributed by atoms with Crippen molar-refractivity contribution in [1.29, 1.82) is 0 Å². The molecule has 0 saturated carbocycles. The van der Waals surface area contributed by atoms with E-state index in [0.29, 0.717) is 23.2 Å². The number of hydrogen-bond acceptors (Lipinski definition) is 7. The van der Waals surface area contributed by atoms with Crippen molar-refractivity contribution in [2.45, 2.75) is 12.1 Å². The zero-order valence-corrected chi connectivity index (χ0v) is 19.3. The first-order chi connectivity index (χ1) is 16.7. The van der Waals surface area contributed by atoms with E-state index in [9.17, 15) is 9.90 Å². The van der Waals surface area contributed by atoms with Crippen molar-refractivity contribution in [3.8, 4) is 28.6 Å². The second-order valence-electron chi connectivity index (χ2n) is 7.08. The third-order valence-corrected chi connectivity index (χ3v) is 5.66. The molecule has 0 aliphatic heterocycles. The number of aromatic hydroxyl groups is 1. The quantitative estimate of drug-likeness (QED) is 0.214. The smallest absolute Gasteiger partial charge is 0.250 e. The number of phenolic OH excluding ortho intramolecular Hbond substituents is 1. The van der Waals surface area contributed by atoms with E-state index in [1.165, 1.54) is 18.0 Å². The van der Waals surface area contributed by atoms with E-state index in [4.69, 9.17) is 4.74 Å². The summed E-state index contributed by atoms with van der Waals surface area (Å²) < 4.78 is 7.46. The lowest BCUT2D eigenvalue weighted by atomic mass is 10.2. The lowest BCUT2D eigenvalue weighted by Crippen LogP contribution is -2.20. The molecule has 2 N–H and O–H groups in total. The first-order valence-electron chi connectivity index (χ1n) is 10.6. The van der Waals surface area contributed by atoms with Crippen molar-refractivity contribution in [2.24, 2.45) is 5.10 Å². The van der Waals surface area contributed by atoms with E-state index in [2.05, 4.69) is 20.7 Å². The van der Waals surface area contributed by atoms with Crippen molar-refractivity contribution < 1.29 is 14.6 Å². The van der Waals surface area contributed by atoms with Gasteiger partial charge in [0.1, 0.15) is 11.5 Å². The minimum Gasteiger partial charge on any atom is -0.507 e. The van der Waals surface area contributed by atoms with Gasteiger partial charge in [0.25, 0.3) is 5.91 Å². The van der Waals surface area contributed by atoms with Crippen LogP contribution in [0, 0.1) is 0 Å². The van der Waals surface area contributed by atoms with Gasteiger partial charge in [-0.3, -0.25) is 9.36 Å². The van der Waals surface area contributed by atoms with Crippen LogP contribution in [0.1, 0.15) is 12.5 Å². The van der Waals surface area contributed by atoms with E-state index in [-0.39, 0.29) is 17.4 Å². The number of phenols is 1. The number of nitrogens with one attached hydrogen (secondary N) is 1. The van der Waals surface area contributed by atoms with Gasteiger partial charge in [0.15, 0.2) is 11.0 Å². The van der Waals surface area contributed by atoms with Crippen molar-refractivity contribution in [3.63, 3.8) is 0 Å². The van der Waals surface area contributed by atoms with Crippen LogP contribution in [0.5, 0.6) is 11.5 Å². The van der Waals surface area contributed by atoms with Crippen LogP contribution in [0.25, 0.3) is 17.1 Å². The zero-order chi connectivity index (χ0) is 23.8.